The van der Waals surface area contributed by atoms with Crippen molar-refractivity contribution < 1.29 is 4.74 Å². The van der Waals surface area contributed by atoms with E-state index < -0.39 is 0 Å². The van der Waals surface area contributed by atoms with E-state index in [1.165, 1.54) is 47.7 Å². The van der Waals surface area contributed by atoms with Crippen molar-refractivity contribution >= 4 is 10.9 Å². The van der Waals surface area contributed by atoms with Gasteiger partial charge in [0.15, 0.2) is 0 Å². The quantitative estimate of drug-likeness (QED) is 0.925. The molecule has 2 fully saturated rings. The molecule has 0 bridgehead atoms. The number of nitrogens with zero attached hydrogens (tertiary/aromatic N) is 2. The van der Waals surface area contributed by atoms with Crippen LogP contribution in [0.15, 0.2) is 18.3 Å². The van der Waals surface area contributed by atoms with Gasteiger partial charge in [0.1, 0.15) is 0 Å². The van der Waals surface area contributed by atoms with Gasteiger partial charge < -0.3 is 4.74 Å². The van der Waals surface area contributed by atoms with Crippen LogP contribution in [0.4, 0.5) is 0 Å². The highest BCUT2D eigenvalue weighted by molar-refractivity contribution is 5.79. The summed E-state index contributed by atoms with van der Waals surface area (Å²) in [6.07, 6.45) is 7.18. The molecular weight excluding hydrogens is 274 g/mol. The van der Waals surface area contributed by atoms with Crippen molar-refractivity contribution in [2.24, 2.45) is 0 Å². The molecule has 2 heterocycles. The summed E-state index contributed by atoms with van der Waals surface area (Å²) in [5.74, 6) is 0.713. The number of nitrogens with one attached hydrogen (secondary N) is 1. The number of rotatable bonds is 2. The number of aryl methyl sites for hydroxylation is 1. The Bertz CT molecular complexity index is 637. The van der Waals surface area contributed by atoms with Gasteiger partial charge in [-0.1, -0.05) is 0 Å². The van der Waals surface area contributed by atoms with Gasteiger partial charge in [-0.05, 0) is 61.8 Å². The van der Waals surface area contributed by atoms with Crippen LogP contribution < -0.4 is 0 Å². The largest absolute Gasteiger partial charge is 0.379 e. The lowest BCUT2D eigenvalue weighted by molar-refractivity contribution is 0.00729. The Labute approximate surface area is 131 Å². The first-order chi connectivity index (χ1) is 10.8. The number of aromatic nitrogens is 2. The summed E-state index contributed by atoms with van der Waals surface area (Å²) in [5, 5.41) is 8.50. The smallest absolute Gasteiger partial charge is 0.0653 e. The van der Waals surface area contributed by atoms with Gasteiger partial charge in [-0.2, -0.15) is 5.10 Å². The molecular formula is C18H25N3O. The lowest BCUT2D eigenvalue weighted by Gasteiger charge is -2.39. The Kier molecular flexibility index (Phi) is 3.89. The molecule has 1 aromatic carbocycles. The molecule has 4 rings (SSSR count). The predicted molar refractivity (Wildman–Crippen MR) is 88.2 cm³/mol. The van der Waals surface area contributed by atoms with Crippen LogP contribution in [0, 0.1) is 6.92 Å². The molecule has 1 N–H and O–H groups in total. The van der Waals surface area contributed by atoms with Gasteiger partial charge in [-0.15, -0.1) is 0 Å². The molecule has 4 nitrogen and oxygen atoms in total. The molecule has 0 amide bonds. The van der Waals surface area contributed by atoms with Gasteiger partial charge in [-0.25, -0.2) is 0 Å². The third-order valence-electron chi connectivity index (χ3n) is 5.53. The molecule has 1 aliphatic heterocycles. The average Bonchev–Trinajstić information content (AvgIpc) is 3.02. The Morgan fingerprint density at radius 3 is 2.68 bits per heavy atom. The van der Waals surface area contributed by atoms with Crippen molar-refractivity contribution in [1.29, 1.82) is 0 Å². The van der Waals surface area contributed by atoms with Gasteiger partial charge in [-0.3, -0.25) is 10.00 Å². The molecule has 0 atom stereocenters. The van der Waals surface area contributed by atoms with E-state index in [1.54, 1.807) is 0 Å². The zero-order valence-corrected chi connectivity index (χ0v) is 13.3. The normalized spacial score (nSPS) is 27.3. The number of fused-ring (bicyclic) bond motifs is 1. The van der Waals surface area contributed by atoms with Gasteiger partial charge in [0, 0.05) is 24.5 Å². The summed E-state index contributed by atoms with van der Waals surface area (Å²) in [4.78, 5) is 2.64. The molecule has 2 aromatic rings. The maximum Gasteiger partial charge on any atom is 0.0653 e. The van der Waals surface area contributed by atoms with Crippen LogP contribution in [0.3, 0.4) is 0 Å². The first-order valence-electron chi connectivity index (χ1n) is 8.56. The molecule has 0 spiro atoms. The summed E-state index contributed by atoms with van der Waals surface area (Å²) in [6, 6.07) is 5.39. The van der Waals surface area contributed by atoms with Crippen molar-refractivity contribution in [3.63, 3.8) is 0 Å². The Morgan fingerprint density at radius 1 is 1.14 bits per heavy atom. The molecule has 1 saturated heterocycles. The number of morpholine rings is 1. The molecule has 4 heteroatoms. The summed E-state index contributed by atoms with van der Waals surface area (Å²) >= 11 is 0. The Hall–Kier alpha value is -1.39. The zero-order valence-electron chi connectivity index (χ0n) is 13.3. The number of hydrogen-bond acceptors (Lipinski definition) is 3. The highest BCUT2D eigenvalue weighted by Gasteiger charge is 2.28. The SMILES string of the molecule is Cc1cc2cn[nH]c2cc1C1CCC(N2CCOCC2)CC1. The summed E-state index contributed by atoms with van der Waals surface area (Å²) in [7, 11) is 0. The minimum Gasteiger partial charge on any atom is -0.379 e. The minimum absolute atomic E-state index is 0.713. The summed E-state index contributed by atoms with van der Waals surface area (Å²) in [5.41, 5.74) is 4.12. The van der Waals surface area contributed by atoms with E-state index in [2.05, 4.69) is 34.2 Å². The number of ether oxygens (including phenoxy) is 1. The number of hydrogen-bond donors (Lipinski definition) is 1. The van der Waals surface area contributed by atoms with Crippen LogP contribution in [-0.2, 0) is 4.74 Å². The standard InChI is InChI=1S/C18H25N3O/c1-13-10-15-12-19-20-18(15)11-17(13)14-2-4-16(5-3-14)21-6-8-22-9-7-21/h10-12,14,16H,2-9H2,1H3,(H,19,20). The second-order valence-electron chi connectivity index (χ2n) is 6.82. The van der Waals surface area contributed by atoms with Gasteiger partial charge in [0.2, 0.25) is 0 Å². The maximum absolute atomic E-state index is 5.48. The van der Waals surface area contributed by atoms with E-state index in [0.29, 0.717) is 5.92 Å². The number of H-pyrrole nitrogens is 1. The zero-order chi connectivity index (χ0) is 14.9. The fourth-order valence-corrected chi connectivity index (χ4v) is 4.26. The van der Waals surface area contributed by atoms with Crippen LogP contribution in [0.1, 0.15) is 42.7 Å². The van der Waals surface area contributed by atoms with Crippen LogP contribution in [0.5, 0.6) is 0 Å². The molecule has 1 aromatic heterocycles. The monoisotopic (exact) mass is 299 g/mol. The van der Waals surface area contributed by atoms with E-state index in [4.69, 9.17) is 4.74 Å². The van der Waals surface area contributed by atoms with Gasteiger partial charge >= 0.3 is 0 Å². The van der Waals surface area contributed by atoms with E-state index >= 15 is 0 Å². The number of aromatic amines is 1. The Balaban J connectivity index is 1.46. The van der Waals surface area contributed by atoms with Crippen LogP contribution in [-0.4, -0.2) is 47.4 Å². The Morgan fingerprint density at radius 2 is 1.91 bits per heavy atom. The van der Waals surface area contributed by atoms with Crippen LogP contribution in [0.25, 0.3) is 10.9 Å². The maximum atomic E-state index is 5.48. The molecule has 22 heavy (non-hydrogen) atoms. The topological polar surface area (TPSA) is 41.2 Å². The second kappa shape index (κ2) is 6.01. The molecule has 2 aliphatic rings. The average molecular weight is 299 g/mol. The molecule has 1 aliphatic carbocycles. The fourth-order valence-electron chi connectivity index (χ4n) is 4.26. The first kappa shape index (κ1) is 14.2. The van der Waals surface area contributed by atoms with Crippen LogP contribution in [0.2, 0.25) is 0 Å². The van der Waals surface area contributed by atoms with Crippen molar-refractivity contribution in [2.75, 3.05) is 26.3 Å². The first-order valence-corrected chi connectivity index (χ1v) is 8.56. The van der Waals surface area contributed by atoms with Crippen molar-refractivity contribution in [1.82, 2.24) is 15.1 Å². The van der Waals surface area contributed by atoms with E-state index in [0.717, 1.165) is 32.3 Å². The van der Waals surface area contributed by atoms with E-state index in [-0.39, 0.29) is 0 Å². The highest BCUT2D eigenvalue weighted by Crippen LogP contribution is 2.37. The summed E-state index contributed by atoms with van der Waals surface area (Å²) in [6.45, 7) is 6.31. The van der Waals surface area contributed by atoms with Crippen LogP contribution >= 0.6 is 0 Å². The van der Waals surface area contributed by atoms with Gasteiger partial charge in [0.25, 0.3) is 0 Å². The lowest BCUT2D eigenvalue weighted by atomic mass is 9.79. The lowest BCUT2D eigenvalue weighted by Crippen LogP contribution is -2.44. The molecule has 1 saturated carbocycles. The van der Waals surface area contributed by atoms with E-state index in [9.17, 15) is 0 Å². The van der Waals surface area contributed by atoms with Crippen molar-refractivity contribution in [3.05, 3.63) is 29.5 Å². The van der Waals surface area contributed by atoms with Crippen molar-refractivity contribution in [2.45, 2.75) is 44.6 Å². The second-order valence-corrected chi connectivity index (χ2v) is 6.82. The third-order valence-corrected chi connectivity index (χ3v) is 5.53. The fraction of sp³-hybridized carbons (Fsp3) is 0.611. The molecule has 0 unspecified atom stereocenters. The minimum atomic E-state index is 0.713. The summed E-state index contributed by atoms with van der Waals surface area (Å²) < 4.78 is 5.48. The third kappa shape index (κ3) is 2.66. The highest BCUT2D eigenvalue weighted by atomic mass is 16.5. The molecule has 0 radical (unpaired) electrons. The molecule has 118 valence electrons. The van der Waals surface area contributed by atoms with E-state index in [1.807, 2.05) is 6.20 Å². The van der Waals surface area contributed by atoms with Crippen molar-refractivity contribution in [3.8, 4) is 0 Å². The predicted octanol–water partition coefficient (Wildman–Crippen LogP) is 3.23. The van der Waals surface area contributed by atoms with Gasteiger partial charge in [0.05, 0.1) is 24.9 Å². The number of benzene rings is 1.